The predicted molar refractivity (Wildman–Crippen MR) is 85.1 cm³/mol. The highest BCUT2D eigenvalue weighted by Crippen LogP contribution is 2.28. The molecule has 5 heteroatoms. The molecule has 124 valence electrons. The third kappa shape index (κ3) is 14.7. The molecule has 0 fully saturated rings. The van der Waals surface area contributed by atoms with Crippen molar-refractivity contribution in [3.05, 3.63) is 11.8 Å². The zero-order valence-corrected chi connectivity index (χ0v) is 14.4. The number of rotatable bonds is 6. The van der Waals surface area contributed by atoms with Gasteiger partial charge in [-0.1, -0.05) is 41.0 Å². The van der Waals surface area contributed by atoms with Gasteiger partial charge in [0.2, 0.25) is 0 Å². The summed E-state index contributed by atoms with van der Waals surface area (Å²) >= 11 is 0. The highest BCUT2D eigenvalue weighted by Gasteiger charge is 2.15. The fourth-order valence-electron chi connectivity index (χ4n) is 1.65. The number of alkyl carbamates (subject to hydrolysis) is 1. The first-order chi connectivity index (χ1) is 9.55. The summed E-state index contributed by atoms with van der Waals surface area (Å²) in [5, 5.41) is 10.5. The molecule has 5 nitrogen and oxygen atoms in total. The summed E-state index contributed by atoms with van der Waals surface area (Å²) in [5.74, 6) is -0.230. The van der Waals surface area contributed by atoms with Crippen LogP contribution in [0.3, 0.4) is 0 Å². The maximum Gasteiger partial charge on any atom is 0.411 e. The van der Waals surface area contributed by atoms with E-state index in [1.807, 2.05) is 0 Å². The minimum Gasteiger partial charge on any atom is -0.478 e. The lowest BCUT2D eigenvalue weighted by molar-refractivity contribution is -0.132. The molecule has 0 radical (unpaired) electrons. The fourth-order valence-corrected chi connectivity index (χ4v) is 1.65. The molecular weight excluding hydrogens is 270 g/mol. The van der Waals surface area contributed by atoms with Crippen molar-refractivity contribution in [2.75, 3.05) is 6.61 Å². The van der Waals surface area contributed by atoms with E-state index in [4.69, 9.17) is 5.11 Å². The summed E-state index contributed by atoms with van der Waals surface area (Å²) in [6.45, 7) is 14.8. The van der Waals surface area contributed by atoms with Crippen LogP contribution in [0.4, 0.5) is 4.79 Å². The van der Waals surface area contributed by atoms with Gasteiger partial charge in [0.15, 0.2) is 0 Å². The first kappa shape index (κ1) is 21.8. The number of amides is 1. The van der Waals surface area contributed by atoms with Crippen molar-refractivity contribution in [3.63, 3.8) is 0 Å². The lowest BCUT2D eigenvalue weighted by Gasteiger charge is -2.24. The van der Waals surface area contributed by atoms with Crippen molar-refractivity contribution in [1.29, 1.82) is 0 Å². The first-order valence-corrected chi connectivity index (χ1v) is 7.39. The molecule has 21 heavy (non-hydrogen) atoms. The SMILES string of the molecule is CCC(C)(C)CC(C)C.CCOC(=O)NC=C(C)C(=O)O. The molecule has 0 aromatic rings. The van der Waals surface area contributed by atoms with Crippen LogP contribution >= 0.6 is 0 Å². The Balaban J connectivity index is 0. The molecule has 1 amide bonds. The number of carboxylic acids is 1. The highest BCUT2D eigenvalue weighted by atomic mass is 16.5. The molecule has 0 aliphatic carbocycles. The van der Waals surface area contributed by atoms with E-state index in [1.165, 1.54) is 19.8 Å². The molecule has 0 aromatic carbocycles. The molecule has 0 unspecified atom stereocenters. The smallest absolute Gasteiger partial charge is 0.411 e. The number of ether oxygens (including phenoxy) is 1. The highest BCUT2D eigenvalue weighted by molar-refractivity contribution is 5.86. The van der Waals surface area contributed by atoms with Gasteiger partial charge in [0, 0.05) is 6.20 Å². The number of hydrogen-bond acceptors (Lipinski definition) is 3. The molecule has 0 saturated carbocycles. The Morgan fingerprint density at radius 1 is 1.29 bits per heavy atom. The zero-order valence-electron chi connectivity index (χ0n) is 14.4. The molecule has 0 aliphatic rings. The summed E-state index contributed by atoms with van der Waals surface area (Å²) < 4.78 is 4.48. The van der Waals surface area contributed by atoms with Crippen molar-refractivity contribution in [1.82, 2.24) is 5.32 Å². The second-order valence-corrected chi connectivity index (χ2v) is 6.11. The van der Waals surface area contributed by atoms with Gasteiger partial charge in [0.25, 0.3) is 0 Å². The summed E-state index contributed by atoms with van der Waals surface area (Å²) in [6.07, 6.45) is 3.08. The third-order valence-corrected chi connectivity index (χ3v) is 2.94. The zero-order chi connectivity index (χ0) is 17.1. The van der Waals surface area contributed by atoms with Gasteiger partial charge in [-0.3, -0.25) is 5.32 Å². The first-order valence-electron chi connectivity index (χ1n) is 7.39. The molecule has 2 N–H and O–H groups in total. The van der Waals surface area contributed by atoms with E-state index in [2.05, 4.69) is 44.7 Å². The van der Waals surface area contributed by atoms with E-state index < -0.39 is 12.1 Å². The van der Waals surface area contributed by atoms with Gasteiger partial charge in [-0.05, 0) is 31.6 Å². The Morgan fingerprint density at radius 3 is 2.10 bits per heavy atom. The second kappa shape index (κ2) is 11.2. The predicted octanol–water partition coefficient (Wildman–Crippen LogP) is 4.19. The maximum atomic E-state index is 10.6. The summed E-state index contributed by atoms with van der Waals surface area (Å²) in [6, 6.07) is 0. The van der Waals surface area contributed by atoms with E-state index in [0.29, 0.717) is 5.41 Å². The number of nitrogens with one attached hydrogen (secondary N) is 1. The maximum absolute atomic E-state index is 10.6. The number of carbonyl (C=O) groups is 2. The van der Waals surface area contributed by atoms with Gasteiger partial charge < -0.3 is 9.84 Å². The third-order valence-electron chi connectivity index (χ3n) is 2.94. The van der Waals surface area contributed by atoms with Crippen molar-refractivity contribution >= 4 is 12.1 Å². The molecule has 0 rings (SSSR count). The lowest BCUT2D eigenvalue weighted by atomic mass is 9.82. The second-order valence-electron chi connectivity index (χ2n) is 6.11. The van der Waals surface area contributed by atoms with E-state index in [9.17, 15) is 9.59 Å². The topological polar surface area (TPSA) is 75.6 Å². The molecule has 0 saturated heterocycles. The van der Waals surface area contributed by atoms with Crippen molar-refractivity contribution in [3.8, 4) is 0 Å². The standard InChI is InChI=1S/C9H20.C7H11NO4/c1-6-9(4,5)7-8(2)3;1-3-12-7(11)8-4-5(2)6(9)10/h8H,6-7H2,1-5H3;4H,3H2,1-2H3,(H,8,11)(H,9,10). The van der Waals surface area contributed by atoms with E-state index in [1.54, 1.807) is 6.92 Å². The summed E-state index contributed by atoms with van der Waals surface area (Å²) in [7, 11) is 0. The lowest BCUT2D eigenvalue weighted by Crippen LogP contribution is -2.19. The van der Waals surface area contributed by atoms with Crippen LogP contribution in [0.1, 0.15) is 61.3 Å². The van der Waals surface area contributed by atoms with Gasteiger partial charge in [-0.2, -0.15) is 0 Å². The normalized spacial score (nSPS) is 11.5. The summed E-state index contributed by atoms with van der Waals surface area (Å²) in [4.78, 5) is 20.8. The quantitative estimate of drug-likeness (QED) is 0.721. The van der Waals surface area contributed by atoms with Crippen LogP contribution < -0.4 is 5.32 Å². The Hall–Kier alpha value is -1.52. The number of hydrogen-bond donors (Lipinski definition) is 2. The average molecular weight is 301 g/mol. The number of carbonyl (C=O) groups excluding carboxylic acids is 1. The molecule has 0 heterocycles. The van der Waals surface area contributed by atoms with Crippen LogP contribution in [0.2, 0.25) is 0 Å². The van der Waals surface area contributed by atoms with Gasteiger partial charge in [-0.15, -0.1) is 0 Å². The Kier molecular flexibility index (Phi) is 11.6. The van der Waals surface area contributed by atoms with Crippen molar-refractivity contribution in [2.45, 2.75) is 61.3 Å². The monoisotopic (exact) mass is 301 g/mol. The fraction of sp³-hybridized carbons (Fsp3) is 0.750. The van der Waals surface area contributed by atoms with Crippen LogP contribution in [-0.2, 0) is 9.53 Å². The van der Waals surface area contributed by atoms with Crippen LogP contribution in [-0.4, -0.2) is 23.8 Å². The number of aliphatic carboxylic acids is 1. The summed E-state index contributed by atoms with van der Waals surface area (Å²) in [5.41, 5.74) is 0.608. The molecular formula is C16H31NO4. The molecule has 0 atom stereocenters. The van der Waals surface area contributed by atoms with Crippen LogP contribution in [0.25, 0.3) is 0 Å². The van der Waals surface area contributed by atoms with E-state index >= 15 is 0 Å². The van der Waals surface area contributed by atoms with Crippen LogP contribution in [0.5, 0.6) is 0 Å². The Labute approximate surface area is 128 Å². The molecule has 0 bridgehead atoms. The largest absolute Gasteiger partial charge is 0.478 e. The number of carboxylic acid groups (broad SMARTS) is 1. The van der Waals surface area contributed by atoms with E-state index in [0.717, 1.165) is 12.1 Å². The molecule has 0 aliphatic heterocycles. The van der Waals surface area contributed by atoms with Crippen LogP contribution in [0.15, 0.2) is 11.8 Å². The minimum atomic E-state index is -1.08. The van der Waals surface area contributed by atoms with Crippen LogP contribution in [0, 0.1) is 11.3 Å². The average Bonchev–Trinajstić information content (AvgIpc) is 2.35. The van der Waals surface area contributed by atoms with Crippen molar-refractivity contribution in [2.24, 2.45) is 11.3 Å². The van der Waals surface area contributed by atoms with E-state index in [-0.39, 0.29) is 12.2 Å². The molecule has 0 aromatic heterocycles. The van der Waals surface area contributed by atoms with Crippen molar-refractivity contribution < 1.29 is 19.4 Å². The minimum absolute atomic E-state index is 0.0445. The van der Waals surface area contributed by atoms with Gasteiger partial charge in [-0.25, -0.2) is 9.59 Å². The van der Waals surface area contributed by atoms with Gasteiger partial charge in [0.1, 0.15) is 0 Å². The Morgan fingerprint density at radius 2 is 1.81 bits per heavy atom. The Bertz CT molecular complexity index is 346. The molecule has 0 spiro atoms. The van der Waals surface area contributed by atoms with Gasteiger partial charge in [0.05, 0.1) is 12.2 Å². The van der Waals surface area contributed by atoms with Gasteiger partial charge >= 0.3 is 12.1 Å².